The van der Waals surface area contributed by atoms with E-state index in [0.29, 0.717) is 10.7 Å². The minimum Gasteiger partial charge on any atom is -0.325 e. The molecule has 0 fully saturated rings. The lowest BCUT2D eigenvalue weighted by atomic mass is 9.94. The summed E-state index contributed by atoms with van der Waals surface area (Å²) in [7, 11) is 0. The molecule has 2 aromatic rings. The van der Waals surface area contributed by atoms with Gasteiger partial charge in [-0.25, -0.2) is 0 Å². The molecule has 0 aliphatic heterocycles. The summed E-state index contributed by atoms with van der Waals surface area (Å²) >= 11 is 9.33. The van der Waals surface area contributed by atoms with E-state index in [1.165, 1.54) is 0 Å². The van der Waals surface area contributed by atoms with Crippen molar-refractivity contribution in [1.82, 2.24) is 0 Å². The van der Waals surface area contributed by atoms with Gasteiger partial charge in [0.1, 0.15) is 0 Å². The van der Waals surface area contributed by atoms with E-state index in [9.17, 15) is 4.79 Å². The molecule has 0 aliphatic rings. The highest BCUT2D eigenvalue weighted by Gasteiger charge is 2.22. The van der Waals surface area contributed by atoms with Crippen LogP contribution in [0.2, 0.25) is 5.02 Å². The van der Waals surface area contributed by atoms with E-state index in [0.717, 1.165) is 10.0 Å². The van der Waals surface area contributed by atoms with E-state index in [-0.39, 0.29) is 17.9 Å². The van der Waals surface area contributed by atoms with Crippen molar-refractivity contribution < 1.29 is 4.79 Å². The number of nitrogens with one attached hydrogen (secondary N) is 1. The Bertz CT molecular complexity index is 633. The van der Waals surface area contributed by atoms with E-state index in [4.69, 9.17) is 17.3 Å². The molecular formula is C16H16BrClN2O. The molecule has 3 nitrogen and oxygen atoms in total. The van der Waals surface area contributed by atoms with Crippen molar-refractivity contribution in [3.05, 3.63) is 63.6 Å². The van der Waals surface area contributed by atoms with Crippen molar-refractivity contribution in [2.24, 2.45) is 11.7 Å². The molecule has 0 aromatic heterocycles. The van der Waals surface area contributed by atoms with Crippen LogP contribution in [0.3, 0.4) is 0 Å². The Hall–Kier alpha value is -1.36. The monoisotopic (exact) mass is 366 g/mol. The lowest BCUT2D eigenvalue weighted by Gasteiger charge is -2.20. The van der Waals surface area contributed by atoms with Crippen LogP contribution in [0, 0.1) is 5.92 Å². The minimum atomic E-state index is -0.363. The van der Waals surface area contributed by atoms with E-state index in [2.05, 4.69) is 21.2 Å². The normalized spacial score (nSPS) is 13.5. The highest BCUT2D eigenvalue weighted by Crippen LogP contribution is 2.27. The fourth-order valence-corrected chi connectivity index (χ4v) is 2.48. The average molecular weight is 368 g/mol. The highest BCUT2D eigenvalue weighted by molar-refractivity contribution is 9.10. The number of amides is 1. The van der Waals surface area contributed by atoms with Crippen LogP contribution in [-0.4, -0.2) is 5.91 Å². The number of halogens is 2. The largest absolute Gasteiger partial charge is 0.325 e. The SMILES string of the molecule is CC(C(=O)Nc1cc(Cl)ccc1Br)C(N)c1ccccc1. The summed E-state index contributed by atoms with van der Waals surface area (Å²) < 4.78 is 0.778. The molecule has 5 heteroatoms. The maximum Gasteiger partial charge on any atom is 0.229 e. The standard InChI is InChI=1S/C16H16BrClN2O/c1-10(15(19)11-5-3-2-4-6-11)16(21)20-14-9-12(18)7-8-13(14)17/h2-10,15H,19H2,1H3,(H,20,21). The Balaban J connectivity index is 2.11. The summed E-state index contributed by atoms with van der Waals surface area (Å²) in [6, 6.07) is 14.5. The fourth-order valence-electron chi connectivity index (χ4n) is 1.97. The third kappa shape index (κ3) is 4.06. The van der Waals surface area contributed by atoms with Gasteiger partial charge < -0.3 is 11.1 Å². The summed E-state index contributed by atoms with van der Waals surface area (Å²) in [6.07, 6.45) is 0. The molecule has 21 heavy (non-hydrogen) atoms. The lowest BCUT2D eigenvalue weighted by molar-refractivity contribution is -0.120. The van der Waals surface area contributed by atoms with Crippen LogP contribution < -0.4 is 11.1 Å². The molecule has 1 amide bonds. The van der Waals surface area contributed by atoms with Crippen LogP contribution in [0.1, 0.15) is 18.5 Å². The number of nitrogens with two attached hydrogens (primary N) is 1. The van der Waals surface area contributed by atoms with Crippen LogP contribution in [0.15, 0.2) is 53.0 Å². The van der Waals surface area contributed by atoms with Gasteiger partial charge >= 0.3 is 0 Å². The van der Waals surface area contributed by atoms with Crippen LogP contribution in [0.25, 0.3) is 0 Å². The number of hydrogen-bond donors (Lipinski definition) is 2. The lowest BCUT2D eigenvalue weighted by Crippen LogP contribution is -2.30. The van der Waals surface area contributed by atoms with Crippen molar-refractivity contribution in [3.8, 4) is 0 Å². The number of benzene rings is 2. The van der Waals surface area contributed by atoms with Gasteiger partial charge in [-0.1, -0.05) is 48.9 Å². The predicted molar refractivity (Wildman–Crippen MR) is 90.3 cm³/mol. The van der Waals surface area contributed by atoms with Gasteiger partial charge in [-0.15, -0.1) is 0 Å². The van der Waals surface area contributed by atoms with Gasteiger partial charge in [0.15, 0.2) is 0 Å². The second-order valence-electron chi connectivity index (χ2n) is 4.84. The summed E-state index contributed by atoms with van der Waals surface area (Å²) in [5.41, 5.74) is 7.74. The van der Waals surface area contributed by atoms with Crippen LogP contribution >= 0.6 is 27.5 Å². The fraction of sp³-hybridized carbons (Fsp3) is 0.188. The average Bonchev–Trinajstić information content (AvgIpc) is 2.50. The van der Waals surface area contributed by atoms with Crippen molar-refractivity contribution >= 4 is 39.1 Å². The van der Waals surface area contributed by atoms with Gasteiger partial charge in [0, 0.05) is 15.5 Å². The molecule has 0 saturated heterocycles. The molecule has 2 atom stereocenters. The molecule has 0 aliphatic carbocycles. The quantitative estimate of drug-likeness (QED) is 0.842. The van der Waals surface area contributed by atoms with Crippen molar-refractivity contribution in [2.75, 3.05) is 5.32 Å². The number of hydrogen-bond acceptors (Lipinski definition) is 2. The topological polar surface area (TPSA) is 55.1 Å². The molecule has 0 heterocycles. The Labute approximate surface area is 137 Å². The summed E-state index contributed by atoms with van der Waals surface area (Å²) in [5, 5.41) is 3.41. The Morgan fingerprint density at radius 1 is 1.24 bits per heavy atom. The molecule has 2 aromatic carbocycles. The summed E-state index contributed by atoms with van der Waals surface area (Å²) in [6.45, 7) is 1.81. The third-order valence-electron chi connectivity index (χ3n) is 3.32. The predicted octanol–water partition coefficient (Wildman–Crippen LogP) is 4.38. The summed E-state index contributed by atoms with van der Waals surface area (Å²) in [5.74, 6) is -0.507. The first-order valence-electron chi connectivity index (χ1n) is 6.55. The van der Waals surface area contributed by atoms with E-state index < -0.39 is 0 Å². The zero-order valence-corrected chi connectivity index (χ0v) is 13.9. The van der Waals surface area contributed by atoms with E-state index >= 15 is 0 Å². The van der Waals surface area contributed by atoms with Gasteiger partial charge in [0.25, 0.3) is 0 Å². The first-order chi connectivity index (χ1) is 9.99. The second-order valence-corrected chi connectivity index (χ2v) is 6.13. The van der Waals surface area contributed by atoms with Gasteiger partial charge in [0.2, 0.25) is 5.91 Å². The number of anilines is 1. The van der Waals surface area contributed by atoms with E-state index in [1.807, 2.05) is 37.3 Å². The number of carbonyl (C=O) groups excluding carboxylic acids is 1. The molecule has 0 saturated carbocycles. The van der Waals surface area contributed by atoms with Gasteiger partial charge in [-0.2, -0.15) is 0 Å². The molecule has 0 bridgehead atoms. The second kappa shape index (κ2) is 7.07. The molecule has 0 spiro atoms. The molecule has 110 valence electrons. The van der Waals surface area contributed by atoms with Gasteiger partial charge in [0.05, 0.1) is 11.6 Å². The molecule has 0 radical (unpaired) electrons. The highest BCUT2D eigenvalue weighted by atomic mass is 79.9. The van der Waals surface area contributed by atoms with Gasteiger partial charge in [-0.3, -0.25) is 4.79 Å². The summed E-state index contributed by atoms with van der Waals surface area (Å²) in [4.78, 5) is 12.3. The maximum atomic E-state index is 12.3. The smallest absolute Gasteiger partial charge is 0.229 e. The van der Waals surface area contributed by atoms with Crippen LogP contribution in [0.4, 0.5) is 5.69 Å². The Kier molecular flexibility index (Phi) is 5.39. The number of rotatable bonds is 4. The van der Waals surface area contributed by atoms with Crippen LogP contribution in [0.5, 0.6) is 0 Å². The van der Waals surface area contributed by atoms with Crippen molar-refractivity contribution in [1.29, 1.82) is 0 Å². The molecular weight excluding hydrogens is 352 g/mol. The number of carbonyl (C=O) groups is 1. The third-order valence-corrected chi connectivity index (χ3v) is 4.25. The Morgan fingerprint density at radius 2 is 1.90 bits per heavy atom. The van der Waals surface area contributed by atoms with Crippen LogP contribution in [-0.2, 0) is 4.79 Å². The minimum absolute atomic E-state index is 0.144. The van der Waals surface area contributed by atoms with E-state index in [1.54, 1.807) is 18.2 Å². The molecule has 2 rings (SSSR count). The first kappa shape index (κ1) is 16.0. The Morgan fingerprint density at radius 3 is 2.57 bits per heavy atom. The zero-order valence-electron chi connectivity index (χ0n) is 11.5. The molecule has 3 N–H and O–H groups in total. The van der Waals surface area contributed by atoms with Crippen molar-refractivity contribution in [2.45, 2.75) is 13.0 Å². The van der Waals surface area contributed by atoms with Gasteiger partial charge in [-0.05, 0) is 39.7 Å². The molecule has 2 unspecified atom stereocenters. The van der Waals surface area contributed by atoms with Crippen molar-refractivity contribution in [3.63, 3.8) is 0 Å². The first-order valence-corrected chi connectivity index (χ1v) is 7.72. The zero-order chi connectivity index (χ0) is 15.4. The maximum absolute atomic E-state index is 12.3.